The lowest BCUT2D eigenvalue weighted by atomic mass is 10.1. The van der Waals surface area contributed by atoms with Gasteiger partial charge in [-0.1, -0.05) is 6.08 Å². The Kier molecular flexibility index (Phi) is 2.72. The van der Waals surface area contributed by atoms with Crippen molar-refractivity contribution in [3.63, 3.8) is 0 Å². The van der Waals surface area contributed by atoms with Crippen molar-refractivity contribution in [2.45, 2.75) is 6.42 Å². The molecule has 2 N–H and O–H groups in total. The molecular formula is C12H10FNO2. The third kappa shape index (κ3) is 2.11. The van der Waals surface area contributed by atoms with E-state index in [1.165, 1.54) is 18.2 Å². The second-order valence-electron chi connectivity index (χ2n) is 3.45. The Balaban J connectivity index is 2.35. The third-order valence-electron chi connectivity index (χ3n) is 2.30. The highest BCUT2D eigenvalue weighted by molar-refractivity contribution is 5.83. The van der Waals surface area contributed by atoms with Gasteiger partial charge in [0.25, 0.3) is 0 Å². The third-order valence-corrected chi connectivity index (χ3v) is 2.30. The fraction of sp³-hybridized carbons (Fsp3) is 0.0833. The molecule has 0 fully saturated rings. The van der Waals surface area contributed by atoms with E-state index in [1.807, 2.05) is 0 Å². The number of carboxylic acids is 1. The van der Waals surface area contributed by atoms with E-state index in [0.717, 1.165) is 22.5 Å². The predicted octanol–water partition coefficient (Wildman–Crippen LogP) is 2.49. The molecule has 0 atom stereocenters. The SMILES string of the molecule is O=C(O)/C=C/Cc1cc(F)cc2cc[nH]c12. The number of fused-ring (bicyclic) bond motifs is 1. The first-order valence-electron chi connectivity index (χ1n) is 4.82. The minimum atomic E-state index is -1.00. The Labute approximate surface area is 91.2 Å². The topological polar surface area (TPSA) is 53.1 Å². The van der Waals surface area contributed by atoms with E-state index in [4.69, 9.17) is 5.11 Å². The number of hydrogen-bond acceptors (Lipinski definition) is 1. The average molecular weight is 219 g/mol. The normalized spacial score (nSPS) is 11.3. The van der Waals surface area contributed by atoms with E-state index in [1.54, 1.807) is 12.3 Å². The Morgan fingerprint density at radius 1 is 1.50 bits per heavy atom. The van der Waals surface area contributed by atoms with Gasteiger partial charge in [0.1, 0.15) is 5.82 Å². The molecule has 0 amide bonds. The quantitative estimate of drug-likeness (QED) is 0.779. The summed E-state index contributed by atoms with van der Waals surface area (Å²) >= 11 is 0. The number of halogens is 1. The highest BCUT2D eigenvalue weighted by Crippen LogP contribution is 2.19. The zero-order valence-electron chi connectivity index (χ0n) is 8.40. The van der Waals surface area contributed by atoms with Crippen molar-refractivity contribution >= 4 is 16.9 Å². The largest absolute Gasteiger partial charge is 0.478 e. The molecule has 2 rings (SSSR count). The first-order chi connectivity index (χ1) is 7.66. The Morgan fingerprint density at radius 2 is 2.31 bits per heavy atom. The zero-order valence-corrected chi connectivity index (χ0v) is 8.40. The van der Waals surface area contributed by atoms with E-state index in [2.05, 4.69) is 4.98 Å². The van der Waals surface area contributed by atoms with E-state index in [9.17, 15) is 9.18 Å². The highest BCUT2D eigenvalue weighted by Gasteiger charge is 2.03. The standard InChI is InChI=1S/C12H10FNO2/c13-10-6-8(2-1-3-11(15)16)12-9(7-10)4-5-14-12/h1,3-7,14H,2H2,(H,15,16)/b3-1+. The number of carboxylic acid groups (broad SMARTS) is 1. The molecule has 2 aromatic rings. The molecule has 0 aliphatic carbocycles. The molecule has 0 spiro atoms. The number of rotatable bonds is 3. The minimum Gasteiger partial charge on any atom is -0.478 e. The van der Waals surface area contributed by atoms with Crippen LogP contribution in [0.3, 0.4) is 0 Å². The number of carbonyl (C=O) groups is 1. The lowest BCUT2D eigenvalue weighted by Gasteiger charge is -2.00. The summed E-state index contributed by atoms with van der Waals surface area (Å²) in [5.41, 5.74) is 1.59. The van der Waals surface area contributed by atoms with Crippen LogP contribution in [-0.2, 0) is 11.2 Å². The van der Waals surface area contributed by atoms with Crippen molar-refractivity contribution in [1.29, 1.82) is 0 Å². The predicted molar refractivity (Wildman–Crippen MR) is 58.7 cm³/mol. The van der Waals surface area contributed by atoms with Crippen LogP contribution in [0.15, 0.2) is 36.5 Å². The summed E-state index contributed by atoms with van der Waals surface area (Å²) in [6.45, 7) is 0. The van der Waals surface area contributed by atoms with Gasteiger partial charge in [-0.3, -0.25) is 0 Å². The fourth-order valence-corrected chi connectivity index (χ4v) is 1.66. The minimum absolute atomic E-state index is 0.314. The molecule has 1 heterocycles. The van der Waals surface area contributed by atoms with Gasteiger partial charge in [-0.05, 0) is 30.2 Å². The molecule has 1 aromatic carbocycles. The Bertz CT molecular complexity index is 557. The smallest absolute Gasteiger partial charge is 0.327 e. The van der Waals surface area contributed by atoms with Crippen LogP contribution in [0.1, 0.15) is 5.56 Å². The first-order valence-corrected chi connectivity index (χ1v) is 4.82. The van der Waals surface area contributed by atoms with Crippen LogP contribution in [0.2, 0.25) is 0 Å². The van der Waals surface area contributed by atoms with E-state index in [-0.39, 0.29) is 5.82 Å². The average Bonchev–Trinajstić information content (AvgIpc) is 2.64. The number of aliphatic carboxylic acids is 1. The summed E-state index contributed by atoms with van der Waals surface area (Å²) in [7, 11) is 0. The fourth-order valence-electron chi connectivity index (χ4n) is 1.66. The van der Waals surface area contributed by atoms with Gasteiger partial charge in [0, 0.05) is 23.2 Å². The number of aromatic nitrogens is 1. The maximum Gasteiger partial charge on any atom is 0.327 e. The van der Waals surface area contributed by atoms with Gasteiger partial charge in [-0.2, -0.15) is 0 Å². The molecule has 3 nitrogen and oxygen atoms in total. The van der Waals surface area contributed by atoms with Gasteiger partial charge < -0.3 is 10.1 Å². The summed E-state index contributed by atoms with van der Waals surface area (Å²) in [4.78, 5) is 13.3. The molecule has 0 aliphatic rings. The number of aromatic amines is 1. The molecule has 4 heteroatoms. The number of hydrogen-bond donors (Lipinski definition) is 2. The molecule has 0 saturated carbocycles. The van der Waals surface area contributed by atoms with Crippen molar-refractivity contribution in [3.05, 3.63) is 47.9 Å². The van der Waals surface area contributed by atoms with Crippen molar-refractivity contribution in [3.8, 4) is 0 Å². The summed E-state index contributed by atoms with van der Waals surface area (Å²) in [6, 6.07) is 4.63. The number of H-pyrrole nitrogens is 1. The van der Waals surface area contributed by atoms with Crippen molar-refractivity contribution in [1.82, 2.24) is 4.98 Å². The van der Waals surface area contributed by atoms with Gasteiger partial charge in [-0.15, -0.1) is 0 Å². The lowest BCUT2D eigenvalue weighted by molar-refractivity contribution is -0.131. The maximum atomic E-state index is 13.2. The second-order valence-corrected chi connectivity index (χ2v) is 3.45. The summed E-state index contributed by atoms with van der Waals surface area (Å²) in [6.07, 6.45) is 4.67. The zero-order chi connectivity index (χ0) is 11.5. The number of nitrogens with one attached hydrogen (secondary N) is 1. The molecule has 0 bridgehead atoms. The van der Waals surface area contributed by atoms with Crippen molar-refractivity contribution in [2.24, 2.45) is 0 Å². The second kappa shape index (κ2) is 4.18. The monoisotopic (exact) mass is 219 g/mol. The maximum absolute atomic E-state index is 13.2. The van der Waals surface area contributed by atoms with E-state index < -0.39 is 5.97 Å². The molecular weight excluding hydrogens is 209 g/mol. The van der Waals surface area contributed by atoms with Gasteiger partial charge in [-0.25, -0.2) is 9.18 Å². The van der Waals surface area contributed by atoms with E-state index >= 15 is 0 Å². The number of benzene rings is 1. The highest BCUT2D eigenvalue weighted by atomic mass is 19.1. The van der Waals surface area contributed by atoms with E-state index in [0.29, 0.717) is 6.42 Å². The molecule has 82 valence electrons. The van der Waals surface area contributed by atoms with Crippen LogP contribution in [0.4, 0.5) is 4.39 Å². The first kappa shape index (κ1) is 10.4. The molecule has 0 unspecified atom stereocenters. The molecule has 16 heavy (non-hydrogen) atoms. The van der Waals surface area contributed by atoms with Crippen molar-refractivity contribution in [2.75, 3.05) is 0 Å². The van der Waals surface area contributed by atoms with Crippen LogP contribution in [-0.4, -0.2) is 16.1 Å². The lowest BCUT2D eigenvalue weighted by Crippen LogP contribution is -1.90. The summed E-state index contributed by atoms with van der Waals surface area (Å²) in [5.74, 6) is -1.31. The molecule has 0 aliphatic heterocycles. The van der Waals surface area contributed by atoms with Gasteiger partial charge in [0.05, 0.1) is 0 Å². The Morgan fingerprint density at radius 3 is 3.06 bits per heavy atom. The van der Waals surface area contributed by atoms with Crippen LogP contribution >= 0.6 is 0 Å². The number of allylic oxidation sites excluding steroid dienone is 1. The van der Waals surface area contributed by atoms with Crippen LogP contribution < -0.4 is 0 Å². The summed E-state index contributed by atoms with van der Waals surface area (Å²) < 4.78 is 13.2. The Hall–Kier alpha value is -2.10. The van der Waals surface area contributed by atoms with Gasteiger partial charge in [0.2, 0.25) is 0 Å². The van der Waals surface area contributed by atoms with Gasteiger partial charge >= 0.3 is 5.97 Å². The van der Waals surface area contributed by atoms with Crippen LogP contribution in [0, 0.1) is 5.82 Å². The molecule has 1 aromatic heterocycles. The van der Waals surface area contributed by atoms with Crippen LogP contribution in [0.25, 0.3) is 10.9 Å². The molecule has 0 saturated heterocycles. The van der Waals surface area contributed by atoms with Crippen molar-refractivity contribution < 1.29 is 14.3 Å². The molecule has 0 radical (unpaired) electrons. The van der Waals surface area contributed by atoms with Gasteiger partial charge in [0.15, 0.2) is 0 Å². The van der Waals surface area contributed by atoms with Crippen LogP contribution in [0.5, 0.6) is 0 Å². The summed E-state index contributed by atoms with van der Waals surface area (Å²) in [5, 5.41) is 9.24.